The minimum Gasteiger partial charge on any atom is -0.442 e. The van der Waals surface area contributed by atoms with Crippen LogP contribution in [0.4, 0.5) is 10.5 Å². The Morgan fingerprint density at radius 2 is 2.06 bits per heavy atom. The molecule has 0 saturated carbocycles. The van der Waals surface area contributed by atoms with Gasteiger partial charge in [-0.15, -0.1) is 0 Å². The van der Waals surface area contributed by atoms with Crippen LogP contribution in [0.2, 0.25) is 0 Å². The van der Waals surface area contributed by atoms with Crippen molar-refractivity contribution < 1.29 is 9.53 Å². The van der Waals surface area contributed by atoms with Crippen molar-refractivity contribution >= 4 is 11.8 Å². The molecule has 1 aliphatic heterocycles. The Morgan fingerprint density at radius 3 is 2.69 bits per heavy atom. The average molecular weight is 220 g/mol. The maximum absolute atomic E-state index is 11.8. The minimum atomic E-state index is -0.465. The van der Waals surface area contributed by atoms with Crippen LogP contribution >= 0.6 is 0 Å². The van der Waals surface area contributed by atoms with E-state index in [2.05, 4.69) is 5.43 Å². The standard InChI is InChI=1S/C12H16N2O2/c1-12(2,3)16-11(15)14-8-9-6-4-5-7-10(9)13-14/h4-7,13H,8H2,1-3H3. The summed E-state index contributed by atoms with van der Waals surface area (Å²) in [6.07, 6.45) is -0.344. The van der Waals surface area contributed by atoms with Crippen LogP contribution in [0.1, 0.15) is 26.3 Å². The summed E-state index contributed by atoms with van der Waals surface area (Å²) in [5.41, 5.74) is 4.62. The van der Waals surface area contributed by atoms with E-state index in [0.29, 0.717) is 6.54 Å². The highest BCUT2D eigenvalue weighted by Crippen LogP contribution is 2.25. The number of hydrogen-bond acceptors (Lipinski definition) is 3. The fourth-order valence-corrected chi connectivity index (χ4v) is 1.55. The number of rotatable bonds is 0. The molecule has 16 heavy (non-hydrogen) atoms. The highest BCUT2D eigenvalue weighted by molar-refractivity contribution is 5.73. The van der Waals surface area contributed by atoms with Crippen molar-refractivity contribution in [2.24, 2.45) is 0 Å². The highest BCUT2D eigenvalue weighted by Gasteiger charge is 2.27. The molecule has 4 nitrogen and oxygen atoms in total. The normalized spacial score (nSPS) is 14.3. The number of para-hydroxylation sites is 1. The van der Waals surface area contributed by atoms with E-state index in [1.165, 1.54) is 5.01 Å². The van der Waals surface area contributed by atoms with Gasteiger partial charge in [-0.3, -0.25) is 5.43 Å². The molecule has 1 aromatic carbocycles. The molecule has 0 saturated heterocycles. The van der Waals surface area contributed by atoms with Crippen LogP contribution in [0, 0.1) is 0 Å². The molecule has 86 valence electrons. The van der Waals surface area contributed by atoms with E-state index >= 15 is 0 Å². The number of amides is 1. The van der Waals surface area contributed by atoms with E-state index in [0.717, 1.165) is 11.3 Å². The van der Waals surface area contributed by atoms with Gasteiger partial charge in [-0.1, -0.05) is 18.2 Å². The number of hydrazine groups is 1. The first kappa shape index (κ1) is 10.8. The molecule has 1 aliphatic rings. The first-order valence-corrected chi connectivity index (χ1v) is 5.31. The van der Waals surface area contributed by atoms with Crippen molar-refractivity contribution in [2.75, 3.05) is 5.43 Å². The highest BCUT2D eigenvalue weighted by atomic mass is 16.6. The first-order chi connectivity index (χ1) is 7.46. The lowest BCUT2D eigenvalue weighted by Gasteiger charge is -2.24. The van der Waals surface area contributed by atoms with E-state index in [-0.39, 0.29) is 6.09 Å². The van der Waals surface area contributed by atoms with Crippen LogP contribution in [0.25, 0.3) is 0 Å². The van der Waals surface area contributed by atoms with Crippen LogP contribution in [0.5, 0.6) is 0 Å². The summed E-state index contributed by atoms with van der Waals surface area (Å²) in [7, 11) is 0. The lowest BCUT2D eigenvalue weighted by Crippen LogP contribution is -2.36. The Morgan fingerprint density at radius 1 is 1.38 bits per heavy atom. The monoisotopic (exact) mass is 220 g/mol. The SMILES string of the molecule is CC(C)(C)OC(=O)N1Cc2ccccc2N1. The number of nitrogens with one attached hydrogen (secondary N) is 1. The van der Waals surface area contributed by atoms with Crippen LogP contribution in [-0.2, 0) is 11.3 Å². The van der Waals surface area contributed by atoms with Gasteiger partial charge in [0.2, 0.25) is 0 Å². The topological polar surface area (TPSA) is 41.6 Å². The van der Waals surface area contributed by atoms with E-state index < -0.39 is 5.60 Å². The number of anilines is 1. The molecule has 2 rings (SSSR count). The van der Waals surface area contributed by atoms with Crippen molar-refractivity contribution in [3.05, 3.63) is 29.8 Å². The molecular weight excluding hydrogens is 204 g/mol. The second kappa shape index (κ2) is 3.70. The first-order valence-electron chi connectivity index (χ1n) is 5.31. The third-order valence-electron chi connectivity index (χ3n) is 2.22. The number of benzene rings is 1. The molecule has 0 unspecified atom stereocenters. The Kier molecular flexibility index (Phi) is 2.50. The molecular formula is C12H16N2O2. The fourth-order valence-electron chi connectivity index (χ4n) is 1.55. The fraction of sp³-hybridized carbons (Fsp3) is 0.417. The van der Waals surface area contributed by atoms with Crippen molar-refractivity contribution in [3.8, 4) is 0 Å². The van der Waals surface area contributed by atoms with Crippen molar-refractivity contribution in [2.45, 2.75) is 32.9 Å². The largest absolute Gasteiger partial charge is 0.442 e. The van der Waals surface area contributed by atoms with Crippen molar-refractivity contribution in [1.29, 1.82) is 0 Å². The third-order valence-corrected chi connectivity index (χ3v) is 2.22. The molecule has 0 bridgehead atoms. The second-order valence-electron chi connectivity index (χ2n) is 4.84. The number of carbonyl (C=O) groups excluding carboxylic acids is 1. The van der Waals surface area contributed by atoms with E-state index in [1.807, 2.05) is 45.0 Å². The van der Waals surface area contributed by atoms with Crippen LogP contribution < -0.4 is 5.43 Å². The lowest BCUT2D eigenvalue weighted by atomic mass is 10.2. The molecule has 1 heterocycles. The maximum Gasteiger partial charge on any atom is 0.429 e. The Labute approximate surface area is 95.2 Å². The van der Waals surface area contributed by atoms with Gasteiger partial charge < -0.3 is 4.74 Å². The third kappa shape index (κ3) is 2.27. The second-order valence-corrected chi connectivity index (χ2v) is 4.84. The Hall–Kier alpha value is -1.71. The van der Waals surface area contributed by atoms with Gasteiger partial charge in [0.15, 0.2) is 0 Å². The summed E-state index contributed by atoms with van der Waals surface area (Å²) in [4.78, 5) is 11.8. The van der Waals surface area contributed by atoms with Crippen LogP contribution in [0.3, 0.4) is 0 Å². The molecule has 0 fully saturated rings. The molecule has 1 amide bonds. The zero-order chi connectivity index (χ0) is 11.8. The summed E-state index contributed by atoms with van der Waals surface area (Å²) < 4.78 is 5.28. The number of hydrogen-bond donors (Lipinski definition) is 1. The number of ether oxygens (including phenoxy) is 1. The van der Waals surface area contributed by atoms with Gasteiger partial charge in [-0.05, 0) is 32.4 Å². The van der Waals surface area contributed by atoms with Gasteiger partial charge in [-0.2, -0.15) is 0 Å². The maximum atomic E-state index is 11.8. The van der Waals surface area contributed by atoms with E-state index in [9.17, 15) is 4.79 Å². The Balaban J connectivity index is 2.04. The summed E-state index contributed by atoms with van der Waals surface area (Å²) in [6, 6.07) is 7.83. The number of carbonyl (C=O) groups is 1. The molecule has 1 aromatic rings. The predicted octanol–water partition coefficient (Wildman–Crippen LogP) is 2.76. The molecule has 4 heteroatoms. The van der Waals surface area contributed by atoms with Crippen molar-refractivity contribution in [1.82, 2.24) is 5.01 Å². The molecule has 0 aliphatic carbocycles. The van der Waals surface area contributed by atoms with Gasteiger partial charge in [0, 0.05) is 0 Å². The summed E-state index contributed by atoms with van der Waals surface area (Å²) in [5.74, 6) is 0. The average Bonchev–Trinajstić information content (AvgIpc) is 2.58. The lowest BCUT2D eigenvalue weighted by molar-refractivity contribution is 0.0297. The number of nitrogens with zero attached hydrogens (tertiary/aromatic N) is 1. The summed E-state index contributed by atoms with van der Waals surface area (Å²) in [5, 5.41) is 1.48. The van der Waals surface area contributed by atoms with E-state index in [4.69, 9.17) is 4.74 Å². The van der Waals surface area contributed by atoms with Gasteiger partial charge in [0.1, 0.15) is 5.60 Å². The van der Waals surface area contributed by atoms with Crippen LogP contribution in [0.15, 0.2) is 24.3 Å². The smallest absolute Gasteiger partial charge is 0.429 e. The Bertz CT molecular complexity index is 385. The van der Waals surface area contributed by atoms with E-state index in [1.54, 1.807) is 0 Å². The van der Waals surface area contributed by atoms with Crippen LogP contribution in [-0.4, -0.2) is 16.7 Å². The van der Waals surface area contributed by atoms with Crippen molar-refractivity contribution in [3.63, 3.8) is 0 Å². The number of fused-ring (bicyclic) bond motifs is 1. The zero-order valence-corrected chi connectivity index (χ0v) is 9.78. The molecule has 0 atom stereocenters. The summed E-state index contributed by atoms with van der Waals surface area (Å²) in [6.45, 7) is 6.11. The molecule has 1 N–H and O–H groups in total. The minimum absolute atomic E-state index is 0.344. The zero-order valence-electron chi connectivity index (χ0n) is 9.78. The predicted molar refractivity (Wildman–Crippen MR) is 61.8 cm³/mol. The molecule has 0 radical (unpaired) electrons. The van der Waals surface area contributed by atoms with Gasteiger partial charge in [0.25, 0.3) is 0 Å². The molecule has 0 spiro atoms. The van der Waals surface area contributed by atoms with Gasteiger partial charge in [0.05, 0.1) is 12.2 Å². The summed E-state index contributed by atoms with van der Waals surface area (Å²) >= 11 is 0. The van der Waals surface area contributed by atoms with Gasteiger partial charge >= 0.3 is 6.09 Å². The molecule has 0 aromatic heterocycles. The van der Waals surface area contributed by atoms with Gasteiger partial charge in [-0.25, -0.2) is 9.80 Å². The quantitative estimate of drug-likeness (QED) is 0.731.